The van der Waals surface area contributed by atoms with Crippen LogP contribution in [0.15, 0.2) is 0 Å². The standard InChI is InChI=1S/Mn.2Na.O. The molecule has 4 heteroatoms. The van der Waals surface area contributed by atoms with E-state index >= 15 is 0 Å². The minimum Gasteiger partial charge on any atom is 0 e. The SMILES string of the molecule is [Mn].[Na].[Na].[O]. The van der Waals surface area contributed by atoms with Crippen LogP contribution in [0.5, 0.6) is 0 Å². The van der Waals surface area contributed by atoms with Crippen molar-refractivity contribution >= 4 is 59.1 Å². The molecular formula is MnNa2O. The van der Waals surface area contributed by atoms with Crippen LogP contribution in [-0.4, -0.2) is 59.1 Å². The zero-order chi connectivity index (χ0) is 0. The van der Waals surface area contributed by atoms with Gasteiger partial charge in [0.1, 0.15) is 0 Å². The quantitative estimate of drug-likeness (QED) is 0.368. The van der Waals surface area contributed by atoms with Gasteiger partial charge in [-0.15, -0.1) is 0 Å². The molecule has 0 aromatic carbocycles. The fourth-order valence-corrected chi connectivity index (χ4v) is 0. The molecule has 0 aliphatic rings. The zero-order valence-electron chi connectivity index (χ0n) is 2.79. The summed E-state index contributed by atoms with van der Waals surface area (Å²) in [4.78, 5) is 0. The maximum atomic E-state index is 0. The summed E-state index contributed by atoms with van der Waals surface area (Å²) in [5.41, 5.74) is 0. The number of hydrogen-bond acceptors (Lipinski definition) is 0. The third-order valence-electron chi connectivity index (χ3n) is 0. The number of hydrogen-bond donors (Lipinski definition) is 0. The van der Waals surface area contributed by atoms with Crippen molar-refractivity contribution in [2.24, 2.45) is 0 Å². The van der Waals surface area contributed by atoms with Gasteiger partial charge in [-0.1, -0.05) is 0 Å². The molecule has 0 bridgehead atoms. The third kappa shape index (κ3) is 8.82. The van der Waals surface area contributed by atoms with Crippen LogP contribution in [0.25, 0.3) is 0 Å². The second-order valence-electron chi connectivity index (χ2n) is 0. The Morgan fingerprint density at radius 1 is 0.750 bits per heavy atom. The normalized spacial score (nSPS) is 0. The molecule has 0 aliphatic carbocycles. The van der Waals surface area contributed by atoms with Gasteiger partial charge in [0.05, 0.1) is 0 Å². The Kier molecular flexibility index (Phi) is 141. The molecule has 0 saturated heterocycles. The average molecular weight is 117 g/mol. The van der Waals surface area contributed by atoms with Crippen LogP contribution in [0.1, 0.15) is 0 Å². The second kappa shape index (κ2) is 17.9. The van der Waals surface area contributed by atoms with Crippen LogP contribution < -0.4 is 0 Å². The molecule has 0 rings (SSSR count). The molecule has 4 heavy (non-hydrogen) atoms. The Balaban J connectivity index is 0. The van der Waals surface area contributed by atoms with Crippen LogP contribution in [0.4, 0.5) is 0 Å². The van der Waals surface area contributed by atoms with Crippen molar-refractivity contribution in [3.8, 4) is 0 Å². The van der Waals surface area contributed by atoms with Crippen LogP contribution in [0.3, 0.4) is 0 Å². The zero-order valence-corrected chi connectivity index (χ0v) is 7.97. The van der Waals surface area contributed by atoms with Crippen LogP contribution >= 0.6 is 0 Å². The fraction of sp³-hybridized carbons (Fsp3) is 0. The van der Waals surface area contributed by atoms with E-state index in [1.165, 1.54) is 0 Å². The molecule has 0 N–H and O–H groups in total. The largest absolute Gasteiger partial charge is 0 e. The Morgan fingerprint density at radius 2 is 0.750 bits per heavy atom. The van der Waals surface area contributed by atoms with E-state index in [1.807, 2.05) is 0 Å². The van der Waals surface area contributed by atoms with E-state index in [4.69, 9.17) is 0 Å². The van der Waals surface area contributed by atoms with Gasteiger partial charge >= 0.3 is 0 Å². The molecule has 0 aromatic rings. The predicted molar refractivity (Wildman–Crippen MR) is 12.2 cm³/mol. The van der Waals surface area contributed by atoms with E-state index in [0.717, 1.165) is 0 Å². The maximum Gasteiger partial charge on any atom is 0 e. The molecule has 0 unspecified atom stereocenters. The van der Waals surface area contributed by atoms with Crippen molar-refractivity contribution < 1.29 is 22.5 Å². The summed E-state index contributed by atoms with van der Waals surface area (Å²) in [6.07, 6.45) is 0. The van der Waals surface area contributed by atoms with E-state index in [0.29, 0.717) is 0 Å². The molecule has 0 amide bonds. The van der Waals surface area contributed by atoms with Crippen molar-refractivity contribution in [3.63, 3.8) is 0 Å². The second-order valence-corrected chi connectivity index (χ2v) is 0. The maximum absolute atomic E-state index is 0. The molecule has 15 valence electrons. The summed E-state index contributed by atoms with van der Waals surface area (Å²) in [6, 6.07) is 0. The minimum absolute atomic E-state index is 0. The Morgan fingerprint density at radius 3 is 0.750 bits per heavy atom. The van der Waals surface area contributed by atoms with Gasteiger partial charge in [0.25, 0.3) is 0 Å². The molecule has 0 aromatic heterocycles. The first kappa shape index (κ1) is 31.6. The minimum atomic E-state index is 0. The molecule has 1 nitrogen and oxygen atoms in total. The van der Waals surface area contributed by atoms with E-state index < -0.39 is 0 Å². The molecule has 5 radical (unpaired) electrons. The fourth-order valence-electron chi connectivity index (χ4n) is 0. The molecule has 0 saturated carbocycles. The summed E-state index contributed by atoms with van der Waals surface area (Å²) in [5, 5.41) is 0. The molecule has 0 spiro atoms. The van der Waals surface area contributed by atoms with Crippen LogP contribution in [0, 0.1) is 0 Å². The molecule has 0 aliphatic heterocycles. The average Bonchev–Trinajstić information content (AvgIpc) is 0. The Hall–Kier alpha value is 2.48. The van der Waals surface area contributed by atoms with Gasteiger partial charge in [-0.25, -0.2) is 0 Å². The van der Waals surface area contributed by atoms with Crippen molar-refractivity contribution in [2.75, 3.05) is 0 Å². The Bertz CT molecular complexity index is 6.00. The Labute approximate surface area is 80.3 Å². The van der Waals surface area contributed by atoms with Gasteiger partial charge in [0.2, 0.25) is 0 Å². The first-order valence-corrected chi connectivity index (χ1v) is 0. The smallest absolute Gasteiger partial charge is 0 e. The van der Waals surface area contributed by atoms with Crippen molar-refractivity contribution in [1.82, 2.24) is 0 Å². The van der Waals surface area contributed by atoms with Crippen LogP contribution in [0.2, 0.25) is 0 Å². The summed E-state index contributed by atoms with van der Waals surface area (Å²) < 4.78 is 0. The summed E-state index contributed by atoms with van der Waals surface area (Å²) in [5.74, 6) is 0. The van der Waals surface area contributed by atoms with E-state index in [2.05, 4.69) is 0 Å². The molecule has 0 atom stereocenters. The van der Waals surface area contributed by atoms with E-state index in [1.54, 1.807) is 0 Å². The molecule has 0 heterocycles. The topological polar surface area (TPSA) is 28.5 Å². The summed E-state index contributed by atoms with van der Waals surface area (Å²) in [6.45, 7) is 0. The first-order valence-electron chi connectivity index (χ1n) is 0. The van der Waals surface area contributed by atoms with E-state index in [9.17, 15) is 0 Å². The van der Waals surface area contributed by atoms with Crippen molar-refractivity contribution in [2.45, 2.75) is 0 Å². The van der Waals surface area contributed by atoms with Gasteiger partial charge < -0.3 is 0 Å². The predicted octanol–water partition coefficient (Wildman–Crippen LogP) is -0.883. The van der Waals surface area contributed by atoms with Gasteiger partial charge in [-0.3, -0.25) is 0 Å². The van der Waals surface area contributed by atoms with Crippen LogP contribution in [-0.2, 0) is 22.5 Å². The molecule has 0 fully saturated rings. The van der Waals surface area contributed by atoms with Gasteiger partial charge in [-0.2, -0.15) is 0 Å². The summed E-state index contributed by atoms with van der Waals surface area (Å²) in [7, 11) is 0. The van der Waals surface area contributed by atoms with Gasteiger partial charge in [-0.05, 0) is 0 Å². The van der Waals surface area contributed by atoms with Crippen molar-refractivity contribution in [3.05, 3.63) is 0 Å². The van der Waals surface area contributed by atoms with Gasteiger partial charge in [0.15, 0.2) is 0 Å². The third-order valence-corrected chi connectivity index (χ3v) is 0. The van der Waals surface area contributed by atoms with E-state index in [-0.39, 0.29) is 81.7 Å². The molecular weight excluding hydrogens is 117 g/mol. The first-order chi connectivity index (χ1) is 0. The number of rotatable bonds is 0. The van der Waals surface area contributed by atoms with Gasteiger partial charge in [0, 0.05) is 81.7 Å². The summed E-state index contributed by atoms with van der Waals surface area (Å²) >= 11 is 0. The van der Waals surface area contributed by atoms with Crippen molar-refractivity contribution in [1.29, 1.82) is 0 Å². The monoisotopic (exact) mass is 117 g/mol.